The van der Waals surface area contributed by atoms with Crippen LogP contribution >= 0.6 is 0 Å². The maximum Gasteiger partial charge on any atom is 0.0551 e. The molecule has 1 saturated heterocycles. The van der Waals surface area contributed by atoms with Crippen molar-refractivity contribution in [3.63, 3.8) is 0 Å². The Bertz CT molecular complexity index is 222. The van der Waals surface area contributed by atoms with Crippen molar-refractivity contribution in [2.24, 2.45) is 23.6 Å². The molecular formula is C13H26N2O. The van der Waals surface area contributed by atoms with Gasteiger partial charge in [0.05, 0.1) is 12.7 Å². The topological polar surface area (TPSA) is 47.3 Å². The first-order valence-corrected chi connectivity index (χ1v) is 6.78. The highest BCUT2D eigenvalue weighted by Gasteiger charge is 2.35. The number of rotatable bonds is 3. The van der Waals surface area contributed by atoms with Crippen molar-refractivity contribution in [3.05, 3.63) is 0 Å². The highest BCUT2D eigenvalue weighted by atomic mass is 16.5. The zero-order valence-electron chi connectivity index (χ0n) is 10.6. The van der Waals surface area contributed by atoms with E-state index >= 15 is 0 Å². The molecule has 1 aliphatic carbocycles. The molecule has 0 aromatic carbocycles. The number of ether oxygens (including phenoxy) is 1. The summed E-state index contributed by atoms with van der Waals surface area (Å²) in [6, 6.07) is 0.465. The lowest BCUT2D eigenvalue weighted by Crippen LogP contribution is -2.47. The van der Waals surface area contributed by atoms with E-state index in [-0.39, 0.29) is 0 Å². The third-order valence-electron chi connectivity index (χ3n) is 4.41. The summed E-state index contributed by atoms with van der Waals surface area (Å²) in [6.45, 7) is 5.42. The quantitative estimate of drug-likeness (QED) is 0.572. The lowest BCUT2D eigenvalue weighted by molar-refractivity contribution is 0.108. The van der Waals surface area contributed by atoms with Crippen molar-refractivity contribution in [2.75, 3.05) is 6.61 Å². The monoisotopic (exact) mass is 226 g/mol. The van der Waals surface area contributed by atoms with Gasteiger partial charge in [-0.15, -0.1) is 0 Å². The van der Waals surface area contributed by atoms with Gasteiger partial charge >= 0.3 is 0 Å². The zero-order valence-corrected chi connectivity index (χ0v) is 10.6. The Balaban J connectivity index is 1.93. The van der Waals surface area contributed by atoms with Crippen LogP contribution in [0.1, 0.15) is 46.0 Å². The molecule has 0 spiro atoms. The van der Waals surface area contributed by atoms with Crippen LogP contribution in [-0.2, 0) is 4.74 Å². The maximum atomic E-state index is 5.77. The smallest absolute Gasteiger partial charge is 0.0551 e. The molecule has 5 atom stereocenters. The third kappa shape index (κ3) is 2.76. The number of nitrogens with one attached hydrogen (secondary N) is 1. The Morgan fingerprint density at radius 1 is 1.19 bits per heavy atom. The van der Waals surface area contributed by atoms with E-state index in [1.807, 2.05) is 0 Å². The Kier molecular flexibility index (Phi) is 4.22. The highest BCUT2D eigenvalue weighted by molar-refractivity contribution is 4.88. The van der Waals surface area contributed by atoms with E-state index in [2.05, 4.69) is 19.3 Å². The van der Waals surface area contributed by atoms with Crippen molar-refractivity contribution in [1.29, 1.82) is 0 Å². The minimum atomic E-state index is 0.418. The minimum Gasteiger partial charge on any atom is -0.378 e. The van der Waals surface area contributed by atoms with Gasteiger partial charge in [-0.3, -0.25) is 11.3 Å². The molecule has 0 aromatic rings. The van der Waals surface area contributed by atoms with E-state index in [1.165, 1.54) is 32.1 Å². The van der Waals surface area contributed by atoms with Gasteiger partial charge in [0, 0.05) is 12.0 Å². The SMILES string of the molecule is CC1CCCC(C(NN)C2COC(C)C2)C1. The zero-order chi connectivity index (χ0) is 11.5. The lowest BCUT2D eigenvalue weighted by Gasteiger charge is -2.35. The molecule has 3 heteroatoms. The van der Waals surface area contributed by atoms with Crippen LogP contribution in [0.3, 0.4) is 0 Å². The maximum absolute atomic E-state index is 5.77. The second kappa shape index (κ2) is 5.48. The molecule has 16 heavy (non-hydrogen) atoms. The molecule has 1 heterocycles. The molecule has 3 nitrogen and oxygen atoms in total. The number of nitrogens with two attached hydrogens (primary N) is 1. The summed E-state index contributed by atoms with van der Waals surface area (Å²) in [7, 11) is 0. The van der Waals surface area contributed by atoms with Gasteiger partial charge in [0.25, 0.3) is 0 Å². The first-order valence-electron chi connectivity index (χ1n) is 6.78. The van der Waals surface area contributed by atoms with Crippen LogP contribution in [0.15, 0.2) is 0 Å². The van der Waals surface area contributed by atoms with Gasteiger partial charge in [-0.1, -0.05) is 19.8 Å². The van der Waals surface area contributed by atoms with Crippen molar-refractivity contribution in [2.45, 2.75) is 58.1 Å². The van der Waals surface area contributed by atoms with E-state index in [4.69, 9.17) is 10.6 Å². The lowest BCUT2D eigenvalue weighted by atomic mass is 9.75. The summed E-state index contributed by atoms with van der Waals surface area (Å²) in [6.07, 6.45) is 7.02. The Morgan fingerprint density at radius 2 is 2.00 bits per heavy atom. The predicted molar refractivity (Wildman–Crippen MR) is 65.8 cm³/mol. The fourth-order valence-corrected chi connectivity index (χ4v) is 3.56. The molecule has 3 N–H and O–H groups in total. The van der Waals surface area contributed by atoms with Gasteiger partial charge < -0.3 is 4.74 Å². The molecule has 0 aromatic heterocycles. The Labute approximate surface area is 99.1 Å². The third-order valence-corrected chi connectivity index (χ3v) is 4.41. The fraction of sp³-hybridized carbons (Fsp3) is 1.00. The first-order chi connectivity index (χ1) is 7.70. The van der Waals surface area contributed by atoms with Crippen LogP contribution in [0.25, 0.3) is 0 Å². The van der Waals surface area contributed by atoms with Crippen LogP contribution in [0, 0.1) is 17.8 Å². The summed E-state index contributed by atoms with van der Waals surface area (Å²) < 4.78 is 5.67. The van der Waals surface area contributed by atoms with Gasteiger partial charge in [-0.2, -0.15) is 0 Å². The summed E-state index contributed by atoms with van der Waals surface area (Å²) in [5.74, 6) is 8.02. The first kappa shape index (κ1) is 12.3. The second-order valence-corrected chi connectivity index (χ2v) is 5.86. The van der Waals surface area contributed by atoms with Gasteiger partial charge in [-0.05, 0) is 38.0 Å². The molecule has 0 amide bonds. The normalized spacial score (nSPS) is 42.2. The predicted octanol–water partition coefficient (Wildman–Crippen LogP) is 2.07. The molecule has 1 saturated carbocycles. The van der Waals surface area contributed by atoms with Crippen molar-refractivity contribution in [3.8, 4) is 0 Å². The van der Waals surface area contributed by atoms with E-state index in [9.17, 15) is 0 Å². The fourth-order valence-electron chi connectivity index (χ4n) is 3.56. The number of hydrazine groups is 1. The van der Waals surface area contributed by atoms with Crippen LogP contribution < -0.4 is 11.3 Å². The number of hydrogen-bond acceptors (Lipinski definition) is 3. The van der Waals surface area contributed by atoms with E-state index in [1.54, 1.807) is 0 Å². The standard InChI is InChI=1S/C13H26N2O/c1-9-4-3-5-11(6-9)13(15-14)12-7-10(2)16-8-12/h9-13,15H,3-8,14H2,1-2H3. The average molecular weight is 226 g/mol. The molecule has 5 unspecified atom stereocenters. The second-order valence-electron chi connectivity index (χ2n) is 5.86. The molecule has 0 radical (unpaired) electrons. The van der Waals surface area contributed by atoms with E-state index in [0.717, 1.165) is 18.4 Å². The molecule has 2 rings (SSSR count). The Hall–Kier alpha value is -0.120. The Morgan fingerprint density at radius 3 is 2.56 bits per heavy atom. The summed E-state index contributed by atoms with van der Waals surface area (Å²) in [5, 5.41) is 0. The van der Waals surface area contributed by atoms with Gasteiger partial charge in [0.1, 0.15) is 0 Å². The molecule has 1 aliphatic heterocycles. The molecule has 94 valence electrons. The van der Waals surface area contributed by atoms with Gasteiger partial charge in [-0.25, -0.2) is 0 Å². The largest absolute Gasteiger partial charge is 0.378 e. The van der Waals surface area contributed by atoms with Gasteiger partial charge in [0.15, 0.2) is 0 Å². The molecule has 2 fully saturated rings. The van der Waals surface area contributed by atoms with E-state index < -0.39 is 0 Å². The minimum absolute atomic E-state index is 0.418. The van der Waals surface area contributed by atoms with Gasteiger partial charge in [0.2, 0.25) is 0 Å². The molecular weight excluding hydrogens is 200 g/mol. The van der Waals surface area contributed by atoms with Crippen LogP contribution in [-0.4, -0.2) is 18.8 Å². The van der Waals surface area contributed by atoms with Crippen LogP contribution in [0.4, 0.5) is 0 Å². The average Bonchev–Trinajstić information content (AvgIpc) is 2.66. The highest BCUT2D eigenvalue weighted by Crippen LogP contribution is 2.35. The molecule has 0 bridgehead atoms. The van der Waals surface area contributed by atoms with E-state index in [0.29, 0.717) is 18.1 Å². The number of hydrogen-bond donors (Lipinski definition) is 2. The summed E-state index contributed by atoms with van der Waals surface area (Å²) in [5.41, 5.74) is 3.07. The summed E-state index contributed by atoms with van der Waals surface area (Å²) >= 11 is 0. The molecule has 2 aliphatic rings. The van der Waals surface area contributed by atoms with Crippen molar-refractivity contribution < 1.29 is 4.74 Å². The summed E-state index contributed by atoms with van der Waals surface area (Å²) in [4.78, 5) is 0. The van der Waals surface area contributed by atoms with Crippen LogP contribution in [0.5, 0.6) is 0 Å². The van der Waals surface area contributed by atoms with Crippen molar-refractivity contribution in [1.82, 2.24) is 5.43 Å². The van der Waals surface area contributed by atoms with Crippen LogP contribution in [0.2, 0.25) is 0 Å². The van der Waals surface area contributed by atoms with Crippen molar-refractivity contribution >= 4 is 0 Å².